The Morgan fingerprint density at radius 1 is 1.40 bits per heavy atom. The first kappa shape index (κ1) is 14.9. The summed E-state index contributed by atoms with van der Waals surface area (Å²) in [5, 5.41) is 5.51. The van der Waals surface area contributed by atoms with Crippen LogP contribution in [0.5, 0.6) is 5.75 Å². The predicted molar refractivity (Wildman–Crippen MR) is 76.9 cm³/mol. The van der Waals surface area contributed by atoms with Gasteiger partial charge in [-0.1, -0.05) is 25.9 Å². The molecule has 0 aliphatic rings. The van der Waals surface area contributed by atoms with Crippen molar-refractivity contribution in [2.75, 3.05) is 11.8 Å². The van der Waals surface area contributed by atoms with Crippen LogP contribution in [0.3, 0.4) is 0 Å². The van der Waals surface area contributed by atoms with Gasteiger partial charge in [-0.15, -0.1) is 11.3 Å². The van der Waals surface area contributed by atoms with Crippen LogP contribution in [0.1, 0.15) is 26.5 Å². The van der Waals surface area contributed by atoms with Crippen molar-refractivity contribution in [3.8, 4) is 5.75 Å². The number of hydrogen-bond acceptors (Lipinski definition) is 6. The minimum atomic E-state index is -3.74. The number of sulfonamides is 1. The molecular weight excluding hydrogens is 300 g/mol. The summed E-state index contributed by atoms with van der Waals surface area (Å²) in [6.45, 7) is 5.89. The molecule has 0 amide bonds. The quantitative estimate of drug-likeness (QED) is 0.938. The van der Waals surface area contributed by atoms with E-state index < -0.39 is 10.0 Å². The van der Waals surface area contributed by atoms with Crippen molar-refractivity contribution < 1.29 is 17.7 Å². The molecule has 8 heteroatoms. The van der Waals surface area contributed by atoms with Crippen LogP contribution in [0, 0.1) is 0 Å². The van der Waals surface area contributed by atoms with E-state index in [9.17, 15) is 8.42 Å². The third-order valence-electron chi connectivity index (χ3n) is 2.57. The van der Waals surface area contributed by atoms with Gasteiger partial charge in [0.1, 0.15) is 5.75 Å². The van der Waals surface area contributed by atoms with E-state index in [-0.39, 0.29) is 15.5 Å². The van der Waals surface area contributed by atoms with Gasteiger partial charge in [0.05, 0.1) is 12.8 Å². The van der Waals surface area contributed by atoms with Crippen LogP contribution < -0.4 is 9.46 Å². The molecule has 2 aromatic rings. The van der Waals surface area contributed by atoms with Crippen molar-refractivity contribution >= 4 is 27.2 Å². The molecule has 0 aromatic carbocycles. The Kier molecular flexibility index (Phi) is 3.79. The number of rotatable bonds is 4. The van der Waals surface area contributed by atoms with Crippen LogP contribution in [-0.2, 0) is 15.4 Å². The van der Waals surface area contributed by atoms with Crippen LogP contribution in [0.25, 0.3) is 0 Å². The fourth-order valence-corrected chi connectivity index (χ4v) is 3.74. The molecule has 2 rings (SSSR count). The van der Waals surface area contributed by atoms with E-state index in [0.29, 0.717) is 11.4 Å². The molecule has 0 fully saturated rings. The molecule has 0 saturated carbocycles. The number of nitrogens with zero attached hydrogens (tertiary/aromatic N) is 1. The van der Waals surface area contributed by atoms with Gasteiger partial charge in [-0.05, 0) is 11.4 Å². The van der Waals surface area contributed by atoms with Crippen LogP contribution in [0.4, 0.5) is 5.88 Å². The third-order valence-corrected chi connectivity index (χ3v) is 5.37. The van der Waals surface area contributed by atoms with Gasteiger partial charge in [0.2, 0.25) is 5.88 Å². The monoisotopic (exact) mass is 316 g/mol. The number of aromatic nitrogens is 1. The Labute approximate surface area is 121 Å². The molecule has 0 aliphatic carbocycles. The molecule has 0 atom stereocenters. The van der Waals surface area contributed by atoms with Crippen LogP contribution in [0.2, 0.25) is 0 Å². The maximum Gasteiger partial charge on any atom is 0.277 e. The fourth-order valence-electron chi connectivity index (χ4n) is 1.49. The van der Waals surface area contributed by atoms with E-state index in [1.54, 1.807) is 17.5 Å². The standard InChI is InChI=1S/C12H16N2O4S2/c1-12(2,3)9-7-10(18-13-9)14-20(15,16)11-8(17-4)5-6-19-11/h5-7,14H,1-4H3. The number of nitrogens with one attached hydrogen (secondary N) is 1. The summed E-state index contributed by atoms with van der Waals surface area (Å²) in [5.41, 5.74) is 0.460. The molecule has 0 bridgehead atoms. The van der Waals surface area contributed by atoms with Gasteiger partial charge in [0.25, 0.3) is 10.0 Å². The molecule has 0 saturated heterocycles. The Morgan fingerprint density at radius 2 is 2.10 bits per heavy atom. The summed E-state index contributed by atoms with van der Waals surface area (Å²) >= 11 is 1.08. The second-order valence-electron chi connectivity index (χ2n) is 5.21. The molecule has 1 N–H and O–H groups in total. The maximum absolute atomic E-state index is 12.2. The minimum Gasteiger partial charge on any atom is -0.494 e. The smallest absolute Gasteiger partial charge is 0.277 e. The number of ether oxygens (including phenoxy) is 1. The predicted octanol–water partition coefficient (Wildman–Crippen LogP) is 2.84. The van der Waals surface area contributed by atoms with Crippen molar-refractivity contribution in [3.05, 3.63) is 23.2 Å². The molecule has 20 heavy (non-hydrogen) atoms. The van der Waals surface area contributed by atoms with Crippen LogP contribution in [0.15, 0.2) is 26.2 Å². The summed E-state index contributed by atoms with van der Waals surface area (Å²) in [6, 6.07) is 3.18. The SMILES string of the molecule is COc1ccsc1S(=O)(=O)Nc1cc(C(C)(C)C)no1. The Balaban J connectivity index is 2.27. The first-order valence-electron chi connectivity index (χ1n) is 5.85. The average molecular weight is 316 g/mol. The first-order chi connectivity index (χ1) is 9.24. The molecule has 0 aliphatic heterocycles. The molecule has 2 heterocycles. The lowest BCUT2D eigenvalue weighted by Crippen LogP contribution is -2.12. The largest absolute Gasteiger partial charge is 0.494 e. The molecule has 6 nitrogen and oxygen atoms in total. The van der Waals surface area contributed by atoms with Gasteiger partial charge < -0.3 is 9.26 Å². The van der Waals surface area contributed by atoms with E-state index in [1.807, 2.05) is 20.8 Å². The van der Waals surface area contributed by atoms with E-state index in [4.69, 9.17) is 9.26 Å². The Bertz CT molecular complexity index is 695. The van der Waals surface area contributed by atoms with E-state index in [1.165, 1.54) is 7.11 Å². The zero-order chi connectivity index (χ0) is 15.0. The van der Waals surface area contributed by atoms with Crippen molar-refractivity contribution in [1.82, 2.24) is 5.16 Å². The highest BCUT2D eigenvalue weighted by Gasteiger charge is 2.25. The Morgan fingerprint density at radius 3 is 2.65 bits per heavy atom. The van der Waals surface area contributed by atoms with Crippen molar-refractivity contribution in [2.24, 2.45) is 0 Å². The zero-order valence-corrected chi connectivity index (χ0v) is 13.3. The molecule has 2 aromatic heterocycles. The number of thiophene rings is 1. The summed E-state index contributed by atoms with van der Waals surface area (Å²) in [7, 11) is -2.31. The fraction of sp³-hybridized carbons (Fsp3) is 0.417. The van der Waals surface area contributed by atoms with Crippen LogP contribution >= 0.6 is 11.3 Å². The Hall–Kier alpha value is -1.54. The maximum atomic E-state index is 12.2. The van der Waals surface area contributed by atoms with Gasteiger partial charge in [-0.25, -0.2) is 13.1 Å². The third kappa shape index (κ3) is 2.96. The highest BCUT2D eigenvalue weighted by atomic mass is 32.2. The highest BCUT2D eigenvalue weighted by molar-refractivity contribution is 7.94. The minimum absolute atomic E-state index is 0.0883. The van der Waals surface area contributed by atoms with E-state index >= 15 is 0 Å². The van der Waals surface area contributed by atoms with Gasteiger partial charge in [-0.2, -0.15) is 0 Å². The highest BCUT2D eigenvalue weighted by Crippen LogP contribution is 2.31. The normalized spacial score (nSPS) is 12.4. The van der Waals surface area contributed by atoms with Gasteiger partial charge in [-0.3, -0.25) is 0 Å². The molecule has 0 radical (unpaired) electrons. The zero-order valence-electron chi connectivity index (χ0n) is 11.6. The lowest BCUT2D eigenvalue weighted by atomic mass is 9.92. The second-order valence-corrected chi connectivity index (χ2v) is 8.00. The van der Waals surface area contributed by atoms with Crippen molar-refractivity contribution in [3.63, 3.8) is 0 Å². The number of hydrogen-bond donors (Lipinski definition) is 1. The summed E-state index contributed by atoms with van der Waals surface area (Å²) in [6.07, 6.45) is 0. The lowest BCUT2D eigenvalue weighted by molar-refractivity contribution is 0.403. The first-order valence-corrected chi connectivity index (χ1v) is 8.22. The summed E-state index contributed by atoms with van der Waals surface area (Å²) in [4.78, 5) is 0. The van der Waals surface area contributed by atoms with Gasteiger partial charge in [0.15, 0.2) is 4.21 Å². The summed E-state index contributed by atoms with van der Waals surface area (Å²) in [5.74, 6) is 0.392. The molecular formula is C12H16N2O4S2. The lowest BCUT2D eigenvalue weighted by Gasteiger charge is -2.12. The molecule has 0 spiro atoms. The van der Waals surface area contributed by atoms with Gasteiger partial charge >= 0.3 is 0 Å². The van der Waals surface area contributed by atoms with Crippen LogP contribution in [-0.4, -0.2) is 20.7 Å². The second kappa shape index (κ2) is 5.10. The summed E-state index contributed by atoms with van der Waals surface area (Å²) < 4.78 is 37.0. The number of anilines is 1. The topological polar surface area (TPSA) is 81.4 Å². The molecule has 0 unspecified atom stereocenters. The van der Waals surface area contributed by atoms with Gasteiger partial charge in [0, 0.05) is 11.5 Å². The van der Waals surface area contributed by atoms with Crippen molar-refractivity contribution in [2.45, 2.75) is 30.4 Å². The van der Waals surface area contributed by atoms with E-state index in [2.05, 4.69) is 9.88 Å². The van der Waals surface area contributed by atoms with E-state index in [0.717, 1.165) is 11.3 Å². The average Bonchev–Trinajstić information content (AvgIpc) is 2.94. The van der Waals surface area contributed by atoms with Crippen molar-refractivity contribution in [1.29, 1.82) is 0 Å². The number of methoxy groups -OCH3 is 1. The molecule has 110 valence electrons.